The number of hydrogen-bond donors (Lipinski definition) is 2. The lowest BCUT2D eigenvalue weighted by Gasteiger charge is -2.21. The molecule has 0 saturated heterocycles. The quantitative estimate of drug-likeness (QED) is 0.824. The van der Waals surface area contributed by atoms with Gasteiger partial charge in [-0.1, -0.05) is 0 Å². The van der Waals surface area contributed by atoms with E-state index in [1.807, 2.05) is 24.3 Å². The molecule has 1 unspecified atom stereocenters. The van der Waals surface area contributed by atoms with Crippen molar-refractivity contribution < 1.29 is 5.11 Å². The molecule has 1 aromatic heterocycles. The summed E-state index contributed by atoms with van der Waals surface area (Å²) in [7, 11) is 1.87. The molecule has 1 rings (SSSR count). The number of nitrogens with zero attached hydrogens (tertiary/aromatic N) is 3. The van der Waals surface area contributed by atoms with E-state index in [0.717, 1.165) is 12.1 Å². The third kappa shape index (κ3) is 5.42. The standard InChI is InChI=1S/C13H24N4O/c1-10(18)9-17(5)12-14-6-11(7-15-12)8-16-13(2,3)4/h6-7,10,16,18H,8-9H2,1-5H3. The number of hydrogen-bond acceptors (Lipinski definition) is 5. The van der Waals surface area contributed by atoms with Crippen LogP contribution in [0.15, 0.2) is 12.4 Å². The monoisotopic (exact) mass is 252 g/mol. The molecular weight excluding hydrogens is 228 g/mol. The lowest BCUT2D eigenvalue weighted by molar-refractivity contribution is 0.201. The van der Waals surface area contributed by atoms with E-state index in [1.54, 1.807) is 6.92 Å². The summed E-state index contributed by atoms with van der Waals surface area (Å²) in [4.78, 5) is 10.4. The van der Waals surface area contributed by atoms with Gasteiger partial charge < -0.3 is 15.3 Å². The Labute approximate surface area is 109 Å². The Bertz CT molecular complexity index is 356. The second-order valence-electron chi connectivity index (χ2n) is 5.72. The fourth-order valence-corrected chi connectivity index (χ4v) is 1.48. The van der Waals surface area contributed by atoms with Crippen molar-refractivity contribution in [1.29, 1.82) is 0 Å². The van der Waals surface area contributed by atoms with Crippen LogP contribution in [0.3, 0.4) is 0 Å². The maximum Gasteiger partial charge on any atom is 0.225 e. The maximum atomic E-state index is 9.31. The van der Waals surface area contributed by atoms with Gasteiger partial charge in [0.1, 0.15) is 0 Å². The summed E-state index contributed by atoms with van der Waals surface area (Å²) in [5.41, 5.74) is 1.14. The first-order valence-electron chi connectivity index (χ1n) is 6.23. The Hall–Kier alpha value is -1.20. The minimum Gasteiger partial charge on any atom is -0.392 e. The SMILES string of the molecule is CC(O)CN(C)c1ncc(CNC(C)(C)C)cn1. The Morgan fingerprint density at radius 2 is 1.89 bits per heavy atom. The number of rotatable bonds is 5. The van der Waals surface area contributed by atoms with Crippen molar-refractivity contribution >= 4 is 5.95 Å². The minimum absolute atomic E-state index is 0.0851. The molecule has 102 valence electrons. The van der Waals surface area contributed by atoms with Gasteiger partial charge in [0.25, 0.3) is 0 Å². The topological polar surface area (TPSA) is 61.3 Å². The highest BCUT2D eigenvalue weighted by Gasteiger charge is 2.10. The van der Waals surface area contributed by atoms with Crippen LogP contribution in [0.25, 0.3) is 0 Å². The van der Waals surface area contributed by atoms with Crippen LogP contribution in [0.4, 0.5) is 5.95 Å². The summed E-state index contributed by atoms with van der Waals surface area (Å²) in [6, 6.07) is 0. The van der Waals surface area contributed by atoms with Crippen LogP contribution in [-0.2, 0) is 6.54 Å². The molecule has 1 atom stereocenters. The van der Waals surface area contributed by atoms with E-state index in [1.165, 1.54) is 0 Å². The zero-order valence-corrected chi connectivity index (χ0v) is 11.9. The smallest absolute Gasteiger partial charge is 0.225 e. The molecular formula is C13H24N4O. The van der Waals surface area contributed by atoms with Gasteiger partial charge >= 0.3 is 0 Å². The summed E-state index contributed by atoms with van der Waals surface area (Å²) in [5.74, 6) is 0.635. The molecule has 2 N–H and O–H groups in total. The third-order valence-electron chi connectivity index (χ3n) is 2.39. The Morgan fingerprint density at radius 3 is 2.33 bits per heavy atom. The third-order valence-corrected chi connectivity index (χ3v) is 2.39. The zero-order chi connectivity index (χ0) is 13.8. The van der Waals surface area contributed by atoms with Gasteiger partial charge in [0, 0.05) is 43.6 Å². The van der Waals surface area contributed by atoms with Gasteiger partial charge in [-0.05, 0) is 27.7 Å². The second kappa shape index (κ2) is 6.11. The highest BCUT2D eigenvalue weighted by Crippen LogP contribution is 2.07. The van der Waals surface area contributed by atoms with Crippen molar-refractivity contribution in [3.8, 4) is 0 Å². The highest BCUT2D eigenvalue weighted by atomic mass is 16.3. The van der Waals surface area contributed by atoms with Gasteiger partial charge in [-0.15, -0.1) is 0 Å². The van der Waals surface area contributed by atoms with Crippen molar-refractivity contribution in [2.24, 2.45) is 0 Å². The van der Waals surface area contributed by atoms with Gasteiger partial charge in [-0.25, -0.2) is 9.97 Å². The first kappa shape index (κ1) is 14.9. The van der Waals surface area contributed by atoms with Crippen LogP contribution < -0.4 is 10.2 Å². The molecule has 18 heavy (non-hydrogen) atoms. The van der Waals surface area contributed by atoms with E-state index in [0.29, 0.717) is 12.5 Å². The fourth-order valence-electron chi connectivity index (χ4n) is 1.48. The zero-order valence-electron chi connectivity index (χ0n) is 11.9. The summed E-state index contributed by atoms with van der Waals surface area (Å²) >= 11 is 0. The largest absolute Gasteiger partial charge is 0.392 e. The Kier molecular flexibility index (Phi) is 5.04. The molecule has 0 spiro atoms. The maximum absolute atomic E-state index is 9.31. The van der Waals surface area contributed by atoms with Crippen LogP contribution in [0, 0.1) is 0 Å². The molecule has 0 saturated carbocycles. The number of likely N-dealkylation sites (N-methyl/N-ethyl adjacent to an activating group) is 1. The molecule has 1 heterocycles. The second-order valence-corrected chi connectivity index (χ2v) is 5.72. The van der Waals surface area contributed by atoms with Gasteiger partial charge in [0.2, 0.25) is 5.95 Å². The van der Waals surface area contributed by atoms with E-state index in [9.17, 15) is 5.11 Å². The normalized spacial score (nSPS) is 13.4. The van der Waals surface area contributed by atoms with Gasteiger partial charge in [-0.3, -0.25) is 0 Å². The Balaban J connectivity index is 2.57. The van der Waals surface area contributed by atoms with Crippen LogP contribution in [0.1, 0.15) is 33.3 Å². The molecule has 0 bridgehead atoms. The van der Waals surface area contributed by atoms with Crippen molar-refractivity contribution in [3.63, 3.8) is 0 Å². The molecule has 5 heteroatoms. The van der Waals surface area contributed by atoms with Gasteiger partial charge in [0.15, 0.2) is 0 Å². The summed E-state index contributed by atoms with van der Waals surface area (Å²) in [5, 5.41) is 12.7. The van der Waals surface area contributed by atoms with Crippen molar-refractivity contribution in [2.45, 2.75) is 45.9 Å². The van der Waals surface area contributed by atoms with E-state index >= 15 is 0 Å². The van der Waals surface area contributed by atoms with Crippen molar-refractivity contribution in [3.05, 3.63) is 18.0 Å². The number of aromatic nitrogens is 2. The van der Waals surface area contributed by atoms with E-state index in [-0.39, 0.29) is 11.6 Å². The average Bonchev–Trinajstić information content (AvgIpc) is 2.25. The van der Waals surface area contributed by atoms with Crippen molar-refractivity contribution in [2.75, 3.05) is 18.5 Å². The predicted octanol–water partition coefficient (Wildman–Crippen LogP) is 1.18. The highest BCUT2D eigenvalue weighted by molar-refractivity contribution is 5.28. The minimum atomic E-state index is -0.388. The number of aliphatic hydroxyl groups is 1. The van der Waals surface area contributed by atoms with Crippen LogP contribution in [0.2, 0.25) is 0 Å². The molecule has 5 nitrogen and oxygen atoms in total. The molecule has 0 aliphatic rings. The number of nitrogens with one attached hydrogen (secondary N) is 1. The summed E-state index contributed by atoms with van der Waals surface area (Å²) in [6.45, 7) is 9.40. The molecule has 0 aromatic carbocycles. The average molecular weight is 252 g/mol. The number of anilines is 1. The van der Waals surface area contributed by atoms with Gasteiger partial charge in [0.05, 0.1) is 6.10 Å². The number of aliphatic hydroxyl groups excluding tert-OH is 1. The van der Waals surface area contributed by atoms with E-state index in [4.69, 9.17) is 0 Å². The molecule has 0 fully saturated rings. The van der Waals surface area contributed by atoms with E-state index in [2.05, 4.69) is 36.1 Å². The fraction of sp³-hybridized carbons (Fsp3) is 0.692. The molecule has 0 radical (unpaired) electrons. The summed E-state index contributed by atoms with van der Waals surface area (Å²) < 4.78 is 0. The Morgan fingerprint density at radius 1 is 1.33 bits per heavy atom. The van der Waals surface area contributed by atoms with E-state index < -0.39 is 0 Å². The predicted molar refractivity (Wildman–Crippen MR) is 73.6 cm³/mol. The lowest BCUT2D eigenvalue weighted by atomic mass is 10.1. The molecule has 1 aromatic rings. The van der Waals surface area contributed by atoms with Crippen LogP contribution in [-0.4, -0.2) is 40.3 Å². The van der Waals surface area contributed by atoms with Crippen LogP contribution >= 0.6 is 0 Å². The first-order valence-corrected chi connectivity index (χ1v) is 6.23. The molecule has 0 aliphatic heterocycles. The summed E-state index contributed by atoms with van der Waals surface area (Å²) in [6.07, 6.45) is 3.25. The first-order chi connectivity index (χ1) is 8.28. The molecule has 0 amide bonds. The van der Waals surface area contributed by atoms with Crippen molar-refractivity contribution in [1.82, 2.24) is 15.3 Å². The molecule has 0 aliphatic carbocycles. The lowest BCUT2D eigenvalue weighted by Crippen LogP contribution is -2.35. The van der Waals surface area contributed by atoms with Crippen LogP contribution in [0.5, 0.6) is 0 Å². The van der Waals surface area contributed by atoms with Gasteiger partial charge in [-0.2, -0.15) is 0 Å².